The molecule has 1 heterocycles. The first kappa shape index (κ1) is 13.6. The predicted molar refractivity (Wildman–Crippen MR) is 73.4 cm³/mol. The van der Waals surface area contributed by atoms with Gasteiger partial charge in [-0.3, -0.25) is 0 Å². The van der Waals surface area contributed by atoms with Crippen LogP contribution < -0.4 is 10.5 Å². The third-order valence-corrected chi connectivity index (χ3v) is 3.71. The van der Waals surface area contributed by atoms with Gasteiger partial charge in [-0.2, -0.15) is 0 Å². The number of rotatable bonds is 3. The molecule has 19 heavy (non-hydrogen) atoms. The Labute approximate surface area is 113 Å². The maximum absolute atomic E-state index is 8.66. The Kier molecular flexibility index (Phi) is 3.93. The highest BCUT2D eigenvalue weighted by atomic mass is 16.5. The van der Waals surface area contributed by atoms with E-state index < -0.39 is 0 Å². The molecule has 0 amide bonds. The lowest BCUT2D eigenvalue weighted by Gasteiger charge is -2.34. The molecule has 0 bridgehead atoms. The number of nitrogens with zero attached hydrogens (tertiary/aromatic N) is 2. The number of hydrogen-bond acceptors (Lipinski definition) is 4. The Morgan fingerprint density at radius 3 is 2.79 bits per heavy atom. The summed E-state index contributed by atoms with van der Waals surface area (Å²) in [6, 6.07) is 3.39. The minimum atomic E-state index is 0.0667. The van der Waals surface area contributed by atoms with Crippen molar-refractivity contribution in [2.75, 3.05) is 0 Å². The highest BCUT2D eigenvalue weighted by Gasteiger charge is 2.28. The van der Waals surface area contributed by atoms with Gasteiger partial charge in [-0.25, -0.2) is 4.98 Å². The number of nitrogens with two attached hydrogens (primary N) is 1. The Hall–Kier alpha value is -1.78. The zero-order chi connectivity index (χ0) is 13.9. The fourth-order valence-electron chi connectivity index (χ4n) is 2.35. The van der Waals surface area contributed by atoms with Crippen LogP contribution in [0.3, 0.4) is 0 Å². The van der Waals surface area contributed by atoms with Gasteiger partial charge in [-0.15, -0.1) is 0 Å². The van der Waals surface area contributed by atoms with Gasteiger partial charge < -0.3 is 15.7 Å². The lowest BCUT2D eigenvalue weighted by Crippen LogP contribution is -2.28. The highest BCUT2D eigenvalue weighted by Crippen LogP contribution is 2.36. The van der Waals surface area contributed by atoms with Crippen molar-refractivity contribution in [3.05, 3.63) is 23.9 Å². The monoisotopic (exact) mass is 263 g/mol. The molecule has 1 aliphatic carbocycles. The summed E-state index contributed by atoms with van der Waals surface area (Å²) in [7, 11) is 0. The molecule has 1 fully saturated rings. The van der Waals surface area contributed by atoms with Gasteiger partial charge in [0.05, 0.1) is 0 Å². The second kappa shape index (κ2) is 5.47. The lowest BCUT2D eigenvalue weighted by atomic mass is 9.76. The molecule has 0 aromatic carbocycles. The number of amidine groups is 1. The van der Waals surface area contributed by atoms with Crippen LogP contribution >= 0.6 is 0 Å². The van der Waals surface area contributed by atoms with Gasteiger partial charge in [0.15, 0.2) is 5.84 Å². The van der Waals surface area contributed by atoms with Crippen molar-refractivity contribution < 1.29 is 9.94 Å². The van der Waals surface area contributed by atoms with E-state index in [0.717, 1.165) is 25.7 Å². The summed E-state index contributed by atoms with van der Waals surface area (Å²) in [6.07, 6.45) is 6.23. The molecule has 0 aliphatic heterocycles. The van der Waals surface area contributed by atoms with Crippen LogP contribution in [0.15, 0.2) is 23.5 Å². The number of aromatic nitrogens is 1. The minimum absolute atomic E-state index is 0.0667. The van der Waals surface area contributed by atoms with E-state index >= 15 is 0 Å². The van der Waals surface area contributed by atoms with Crippen molar-refractivity contribution in [1.82, 2.24) is 4.98 Å². The normalized spacial score (nSPS) is 20.2. The van der Waals surface area contributed by atoms with E-state index in [1.807, 2.05) is 0 Å². The zero-order valence-electron chi connectivity index (χ0n) is 11.5. The van der Waals surface area contributed by atoms with Gasteiger partial charge in [0.25, 0.3) is 0 Å². The second-order valence-electron chi connectivity index (χ2n) is 5.85. The van der Waals surface area contributed by atoms with Crippen LogP contribution in [-0.4, -0.2) is 22.1 Å². The maximum Gasteiger partial charge on any atom is 0.214 e. The quantitative estimate of drug-likeness (QED) is 0.380. The number of pyridine rings is 1. The van der Waals surface area contributed by atoms with Crippen molar-refractivity contribution in [3.63, 3.8) is 0 Å². The van der Waals surface area contributed by atoms with Crippen LogP contribution in [0.4, 0.5) is 0 Å². The average Bonchev–Trinajstić information content (AvgIpc) is 2.41. The van der Waals surface area contributed by atoms with Crippen LogP contribution in [0.5, 0.6) is 5.88 Å². The predicted octanol–water partition coefficient (Wildman–Crippen LogP) is 2.52. The lowest BCUT2D eigenvalue weighted by molar-refractivity contribution is 0.0949. The van der Waals surface area contributed by atoms with Crippen molar-refractivity contribution in [2.45, 2.75) is 45.6 Å². The van der Waals surface area contributed by atoms with Gasteiger partial charge in [-0.05, 0) is 37.2 Å². The number of ether oxygens (including phenoxy) is 1. The fraction of sp³-hybridized carbons (Fsp3) is 0.571. The molecule has 1 aromatic rings. The molecule has 1 saturated carbocycles. The Morgan fingerprint density at radius 2 is 2.16 bits per heavy atom. The molecule has 0 radical (unpaired) electrons. The average molecular weight is 263 g/mol. The van der Waals surface area contributed by atoms with E-state index in [9.17, 15) is 0 Å². The van der Waals surface area contributed by atoms with E-state index in [4.69, 9.17) is 15.7 Å². The standard InChI is InChI=1S/C14H21N3O2/c1-14(2)6-3-11(4-7-14)19-12-9-10(5-8-16-12)13(15)17-18/h5,8-9,11,18H,3-4,6-7H2,1-2H3,(H2,15,17). The van der Waals surface area contributed by atoms with Crippen LogP contribution in [0.25, 0.3) is 0 Å². The maximum atomic E-state index is 8.66. The Balaban J connectivity index is 2.00. The zero-order valence-corrected chi connectivity index (χ0v) is 11.5. The summed E-state index contributed by atoms with van der Waals surface area (Å²) in [6.45, 7) is 4.58. The van der Waals surface area contributed by atoms with Gasteiger partial charge in [0, 0.05) is 17.8 Å². The number of hydrogen-bond donors (Lipinski definition) is 2. The van der Waals surface area contributed by atoms with Gasteiger partial charge in [0.2, 0.25) is 5.88 Å². The van der Waals surface area contributed by atoms with Crippen molar-refractivity contribution >= 4 is 5.84 Å². The van der Waals surface area contributed by atoms with E-state index in [0.29, 0.717) is 16.9 Å². The Morgan fingerprint density at radius 1 is 1.47 bits per heavy atom. The smallest absolute Gasteiger partial charge is 0.214 e. The van der Waals surface area contributed by atoms with Gasteiger partial charge in [0.1, 0.15) is 6.10 Å². The molecule has 0 unspecified atom stereocenters. The van der Waals surface area contributed by atoms with Crippen LogP contribution in [0, 0.1) is 5.41 Å². The molecule has 5 nitrogen and oxygen atoms in total. The first-order chi connectivity index (χ1) is 9.00. The first-order valence-corrected chi connectivity index (χ1v) is 6.61. The van der Waals surface area contributed by atoms with E-state index in [1.165, 1.54) is 0 Å². The molecular weight excluding hydrogens is 242 g/mol. The SMILES string of the molecule is CC1(C)CCC(Oc2cc(/C(N)=N/O)ccn2)CC1. The van der Waals surface area contributed by atoms with Crippen molar-refractivity contribution in [2.24, 2.45) is 16.3 Å². The highest BCUT2D eigenvalue weighted by molar-refractivity contribution is 5.97. The molecule has 0 spiro atoms. The molecule has 1 aliphatic rings. The van der Waals surface area contributed by atoms with E-state index in [-0.39, 0.29) is 11.9 Å². The minimum Gasteiger partial charge on any atom is -0.474 e. The third-order valence-electron chi connectivity index (χ3n) is 3.71. The van der Waals surface area contributed by atoms with Crippen molar-refractivity contribution in [3.8, 4) is 5.88 Å². The summed E-state index contributed by atoms with van der Waals surface area (Å²) in [5.74, 6) is 0.603. The third kappa shape index (κ3) is 3.59. The summed E-state index contributed by atoms with van der Waals surface area (Å²) in [5, 5.41) is 11.6. The summed E-state index contributed by atoms with van der Waals surface area (Å²) < 4.78 is 5.88. The van der Waals surface area contributed by atoms with E-state index in [2.05, 4.69) is 24.0 Å². The van der Waals surface area contributed by atoms with Crippen LogP contribution in [-0.2, 0) is 0 Å². The van der Waals surface area contributed by atoms with Crippen LogP contribution in [0.2, 0.25) is 0 Å². The molecule has 0 atom stereocenters. The second-order valence-corrected chi connectivity index (χ2v) is 5.85. The topological polar surface area (TPSA) is 80.7 Å². The number of oxime groups is 1. The molecule has 1 aromatic heterocycles. The van der Waals surface area contributed by atoms with Crippen molar-refractivity contribution in [1.29, 1.82) is 0 Å². The summed E-state index contributed by atoms with van der Waals surface area (Å²) in [5.41, 5.74) is 6.58. The molecule has 2 rings (SSSR count). The summed E-state index contributed by atoms with van der Waals surface area (Å²) in [4.78, 5) is 4.17. The summed E-state index contributed by atoms with van der Waals surface area (Å²) >= 11 is 0. The largest absolute Gasteiger partial charge is 0.474 e. The van der Waals surface area contributed by atoms with E-state index in [1.54, 1.807) is 18.3 Å². The van der Waals surface area contributed by atoms with Gasteiger partial charge in [-0.1, -0.05) is 19.0 Å². The molecule has 0 saturated heterocycles. The molecule has 104 valence electrons. The van der Waals surface area contributed by atoms with Crippen LogP contribution in [0.1, 0.15) is 45.1 Å². The first-order valence-electron chi connectivity index (χ1n) is 6.61. The van der Waals surface area contributed by atoms with Gasteiger partial charge >= 0.3 is 0 Å². The molecule has 5 heteroatoms. The fourth-order valence-corrected chi connectivity index (χ4v) is 2.35. The molecule has 3 N–H and O–H groups in total. The Bertz CT molecular complexity index is 462. The molecular formula is C14H21N3O2.